The molecule has 2 aromatic rings. The molecule has 0 aliphatic carbocycles. The van der Waals surface area contributed by atoms with Crippen LogP contribution in [0.25, 0.3) is 10.9 Å². The first-order chi connectivity index (χ1) is 6.59. The van der Waals surface area contributed by atoms with Crippen LogP contribution in [0, 0.1) is 0 Å². The van der Waals surface area contributed by atoms with Crippen molar-refractivity contribution in [2.24, 2.45) is 0 Å². The zero-order valence-corrected chi connectivity index (χ0v) is 8.72. The molecule has 1 heterocycles. The summed E-state index contributed by atoms with van der Waals surface area (Å²) in [4.78, 5) is 4.26. The number of nitrogens with zero attached hydrogens (tertiary/aromatic N) is 1. The third-order valence-electron chi connectivity index (χ3n) is 1.87. The summed E-state index contributed by atoms with van der Waals surface area (Å²) in [5.74, 6) is 0. The minimum absolute atomic E-state index is 0.214. The molecular weight excluding hydrogens is 218 g/mol. The SMILES string of the molecule is O=S(O)(=S)c1cccc2cccnc12. The Morgan fingerprint density at radius 3 is 2.71 bits per heavy atom. The highest BCUT2D eigenvalue weighted by Crippen LogP contribution is 2.20. The summed E-state index contributed by atoms with van der Waals surface area (Å²) < 4.78 is 20.6. The molecule has 1 aromatic carbocycles. The summed E-state index contributed by atoms with van der Waals surface area (Å²) >= 11 is 4.52. The van der Waals surface area contributed by atoms with Gasteiger partial charge in [0.25, 0.3) is 0 Å². The smallest absolute Gasteiger partial charge is 0.173 e. The Morgan fingerprint density at radius 2 is 2.00 bits per heavy atom. The zero-order chi connectivity index (χ0) is 10.2. The van der Waals surface area contributed by atoms with Crippen LogP contribution in [0.5, 0.6) is 0 Å². The Hall–Kier alpha value is -1.04. The molecule has 2 rings (SSSR count). The van der Waals surface area contributed by atoms with Crippen LogP contribution in [0.15, 0.2) is 41.4 Å². The maximum absolute atomic E-state index is 11.3. The van der Waals surface area contributed by atoms with E-state index in [1.165, 1.54) is 6.07 Å². The van der Waals surface area contributed by atoms with E-state index in [0.29, 0.717) is 5.52 Å². The minimum Gasteiger partial charge on any atom is -0.302 e. The van der Waals surface area contributed by atoms with Crippen molar-refractivity contribution in [1.29, 1.82) is 0 Å². The molecule has 0 radical (unpaired) electrons. The van der Waals surface area contributed by atoms with Gasteiger partial charge in [0.1, 0.15) is 0 Å². The first-order valence-electron chi connectivity index (χ1n) is 3.90. The summed E-state index contributed by atoms with van der Waals surface area (Å²) in [6.45, 7) is 0. The molecule has 0 bridgehead atoms. The van der Waals surface area contributed by atoms with Crippen molar-refractivity contribution in [3.05, 3.63) is 36.5 Å². The Morgan fingerprint density at radius 1 is 1.29 bits per heavy atom. The molecule has 0 spiro atoms. The monoisotopic (exact) mass is 225 g/mol. The van der Waals surface area contributed by atoms with Crippen molar-refractivity contribution in [1.82, 2.24) is 4.98 Å². The molecular formula is C9H7NO2S2. The van der Waals surface area contributed by atoms with Crippen LogP contribution in [0.3, 0.4) is 0 Å². The van der Waals surface area contributed by atoms with E-state index in [9.17, 15) is 8.76 Å². The fourth-order valence-electron chi connectivity index (χ4n) is 1.28. The molecule has 0 saturated carbocycles. The van der Waals surface area contributed by atoms with Crippen LogP contribution in [-0.2, 0) is 20.0 Å². The van der Waals surface area contributed by atoms with Gasteiger partial charge in [0.15, 0.2) is 8.77 Å². The summed E-state index contributed by atoms with van der Waals surface area (Å²) in [6.07, 6.45) is 1.58. The van der Waals surface area contributed by atoms with Gasteiger partial charge in [-0.25, -0.2) is 4.21 Å². The first kappa shape index (κ1) is 9.51. The van der Waals surface area contributed by atoms with Gasteiger partial charge in [-0.05, 0) is 12.1 Å². The van der Waals surface area contributed by atoms with E-state index >= 15 is 0 Å². The first-order valence-corrected chi connectivity index (χ1v) is 6.34. The summed E-state index contributed by atoms with van der Waals surface area (Å²) in [5.41, 5.74) is 0.498. The van der Waals surface area contributed by atoms with Crippen molar-refractivity contribution < 1.29 is 8.76 Å². The molecule has 0 amide bonds. The van der Waals surface area contributed by atoms with E-state index < -0.39 is 8.77 Å². The third-order valence-corrected chi connectivity index (χ3v) is 3.30. The molecule has 0 aliphatic heterocycles. The highest BCUT2D eigenvalue weighted by molar-refractivity contribution is 8.29. The van der Waals surface area contributed by atoms with E-state index in [0.717, 1.165) is 5.39 Å². The van der Waals surface area contributed by atoms with E-state index in [4.69, 9.17) is 0 Å². The lowest BCUT2D eigenvalue weighted by atomic mass is 10.2. The van der Waals surface area contributed by atoms with Gasteiger partial charge < -0.3 is 4.55 Å². The highest BCUT2D eigenvalue weighted by atomic mass is 32.8. The third kappa shape index (κ3) is 1.61. The molecule has 1 unspecified atom stereocenters. The molecule has 0 saturated heterocycles. The van der Waals surface area contributed by atoms with Crippen molar-refractivity contribution >= 4 is 30.9 Å². The number of fused-ring (bicyclic) bond motifs is 1. The highest BCUT2D eigenvalue weighted by Gasteiger charge is 2.10. The number of rotatable bonds is 1. The van der Waals surface area contributed by atoms with Gasteiger partial charge in [-0.3, -0.25) is 4.98 Å². The minimum atomic E-state index is -3.36. The van der Waals surface area contributed by atoms with Gasteiger partial charge in [0.05, 0.1) is 10.4 Å². The second-order valence-electron chi connectivity index (χ2n) is 2.81. The standard InChI is InChI=1S/C9H7NO2S2/c11-14(12,13)8-5-1-3-7-4-2-6-10-9(7)8/h1-6H,(H,11,12,13). The zero-order valence-electron chi connectivity index (χ0n) is 7.08. The number of hydrogen-bond acceptors (Lipinski definition) is 3. The van der Waals surface area contributed by atoms with Gasteiger partial charge in [-0.1, -0.05) is 18.2 Å². The second kappa shape index (κ2) is 3.27. The van der Waals surface area contributed by atoms with Crippen LogP contribution in [0.2, 0.25) is 0 Å². The van der Waals surface area contributed by atoms with E-state index in [1.807, 2.05) is 12.1 Å². The maximum atomic E-state index is 11.3. The number of aromatic nitrogens is 1. The molecule has 5 heteroatoms. The van der Waals surface area contributed by atoms with Crippen LogP contribution in [-0.4, -0.2) is 13.7 Å². The molecule has 3 nitrogen and oxygen atoms in total. The van der Waals surface area contributed by atoms with Crippen molar-refractivity contribution in [2.75, 3.05) is 0 Å². The average molecular weight is 225 g/mol. The number of para-hydroxylation sites is 1. The largest absolute Gasteiger partial charge is 0.302 e. The maximum Gasteiger partial charge on any atom is 0.173 e. The van der Waals surface area contributed by atoms with Crippen LogP contribution in [0.1, 0.15) is 0 Å². The predicted octanol–water partition coefficient (Wildman–Crippen LogP) is 1.81. The van der Waals surface area contributed by atoms with Crippen LogP contribution < -0.4 is 0 Å². The van der Waals surface area contributed by atoms with Crippen LogP contribution >= 0.6 is 0 Å². The molecule has 14 heavy (non-hydrogen) atoms. The van der Waals surface area contributed by atoms with Gasteiger partial charge in [0, 0.05) is 22.8 Å². The van der Waals surface area contributed by atoms with Crippen LogP contribution in [0.4, 0.5) is 0 Å². The summed E-state index contributed by atoms with van der Waals surface area (Å²) in [7, 11) is -3.36. The Kier molecular flexibility index (Phi) is 2.22. The van der Waals surface area contributed by atoms with Gasteiger partial charge in [0.2, 0.25) is 0 Å². The molecule has 1 N–H and O–H groups in total. The lowest BCUT2D eigenvalue weighted by molar-refractivity contribution is 0.562. The van der Waals surface area contributed by atoms with Crippen molar-refractivity contribution in [2.45, 2.75) is 4.90 Å². The van der Waals surface area contributed by atoms with Gasteiger partial charge >= 0.3 is 0 Å². The summed E-state index contributed by atoms with van der Waals surface area (Å²) in [6, 6.07) is 8.65. The van der Waals surface area contributed by atoms with E-state index in [-0.39, 0.29) is 4.90 Å². The molecule has 0 aliphatic rings. The second-order valence-corrected chi connectivity index (χ2v) is 5.55. The Bertz CT molecular complexity index is 573. The summed E-state index contributed by atoms with van der Waals surface area (Å²) in [5, 5.41) is 0.816. The quantitative estimate of drug-likeness (QED) is 0.804. The van der Waals surface area contributed by atoms with E-state index in [2.05, 4.69) is 16.2 Å². The Balaban J connectivity index is 2.92. The van der Waals surface area contributed by atoms with Gasteiger partial charge in [-0.2, -0.15) is 0 Å². The fraction of sp³-hybridized carbons (Fsp3) is 0. The van der Waals surface area contributed by atoms with Crippen molar-refractivity contribution in [3.63, 3.8) is 0 Å². The average Bonchev–Trinajstić information content (AvgIpc) is 2.15. The normalized spacial score (nSPS) is 15.2. The van der Waals surface area contributed by atoms with Crippen molar-refractivity contribution in [3.8, 4) is 0 Å². The van der Waals surface area contributed by atoms with Gasteiger partial charge in [-0.15, -0.1) is 0 Å². The fourth-order valence-corrected chi connectivity index (χ4v) is 2.35. The molecule has 1 aromatic heterocycles. The number of pyridine rings is 1. The molecule has 72 valence electrons. The molecule has 0 fully saturated rings. The Labute approximate surface area is 86.3 Å². The topological polar surface area (TPSA) is 50.2 Å². The number of hydrogen-bond donors (Lipinski definition) is 1. The predicted molar refractivity (Wildman–Crippen MR) is 58.1 cm³/mol. The van der Waals surface area contributed by atoms with E-state index in [1.54, 1.807) is 18.3 Å². The molecule has 1 atom stereocenters. The number of benzene rings is 1. The lowest BCUT2D eigenvalue weighted by Gasteiger charge is -2.03. The lowest BCUT2D eigenvalue weighted by Crippen LogP contribution is -1.98.